The van der Waals surface area contributed by atoms with Gasteiger partial charge in [-0.05, 0) is 25.7 Å². The van der Waals surface area contributed by atoms with Crippen LogP contribution in [0.2, 0.25) is 0 Å². The molecule has 7 fully saturated rings. The van der Waals surface area contributed by atoms with E-state index in [9.17, 15) is 10.2 Å². The van der Waals surface area contributed by atoms with Crippen LogP contribution in [0.25, 0.3) is 0 Å². The first-order chi connectivity index (χ1) is 15.5. The second kappa shape index (κ2) is 7.55. The van der Waals surface area contributed by atoms with Crippen molar-refractivity contribution in [2.45, 2.75) is 138 Å². The number of ether oxygens (including phenoxy) is 8. The lowest BCUT2D eigenvalue weighted by Crippen LogP contribution is -2.57. The number of aliphatic hydroxyl groups excluding tert-OH is 2. The summed E-state index contributed by atoms with van der Waals surface area (Å²) in [6, 6.07) is 0. The normalized spacial score (nSPS) is 53.4. The molecule has 5 aliphatic heterocycles. The van der Waals surface area contributed by atoms with Crippen molar-refractivity contribution in [1.82, 2.24) is 0 Å². The zero-order valence-electron chi connectivity index (χ0n) is 18.0. The van der Waals surface area contributed by atoms with Gasteiger partial charge in [-0.3, -0.25) is 0 Å². The van der Waals surface area contributed by atoms with E-state index in [-0.39, 0.29) is 0 Å². The number of hydrogen-bond donors (Lipinski definition) is 2. The molecule has 7 aliphatic rings. The number of hydrogen-bond acceptors (Lipinski definition) is 10. The summed E-state index contributed by atoms with van der Waals surface area (Å²) in [7, 11) is 0. The van der Waals surface area contributed by atoms with Crippen molar-refractivity contribution < 1.29 is 48.1 Å². The second-order valence-electron chi connectivity index (χ2n) is 10.3. The zero-order valence-corrected chi connectivity index (χ0v) is 18.0. The minimum absolute atomic E-state index is 0.463. The maximum absolute atomic E-state index is 11.0. The van der Waals surface area contributed by atoms with Gasteiger partial charge >= 0.3 is 0 Å². The molecule has 0 radical (unpaired) electrons. The molecule has 180 valence electrons. The van der Waals surface area contributed by atoms with Gasteiger partial charge in [0.25, 0.3) is 0 Å². The summed E-state index contributed by atoms with van der Waals surface area (Å²) in [4.78, 5) is 0. The largest absolute Gasteiger partial charge is 0.387 e. The van der Waals surface area contributed by atoms with Crippen LogP contribution in [0, 0.1) is 0 Å². The Kier molecular flexibility index (Phi) is 4.94. The third-order valence-corrected chi connectivity index (χ3v) is 8.15. The lowest BCUT2D eigenvalue weighted by molar-refractivity contribution is -0.376. The Morgan fingerprint density at radius 2 is 1.00 bits per heavy atom. The summed E-state index contributed by atoms with van der Waals surface area (Å²) in [5.74, 6) is -1.29. The Hall–Kier alpha value is -0.400. The molecule has 0 aromatic heterocycles. The van der Waals surface area contributed by atoms with E-state index in [1.807, 2.05) is 0 Å². The third-order valence-electron chi connectivity index (χ3n) is 8.15. The average Bonchev–Trinajstić information content (AvgIpc) is 3.49. The highest BCUT2D eigenvalue weighted by molar-refractivity contribution is 5.02. The smallest absolute Gasteiger partial charge is 0.190 e. The summed E-state index contributed by atoms with van der Waals surface area (Å²) in [5, 5.41) is 21.6. The third kappa shape index (κ3) is 3.16. The number of aliphatic hydroxyl groups is 2. The minimum atomic E-state index is -1.25. The molecular weight excluding hydrogens is 424 g/mol. The van der Waals surface area contributed by atoms with Gasteiger partial charge in [0.2, 0.25) is 0 Å². The lowest BCUT2D eigenvalue weighted by Gasteiger charge is -2.41. The predicted octanol–water partition coefficient (Wildman–Crippen LogP) is 1.01. The molecule has 0 amide bonds. The molecule has 10 unspecified atom stereocenters. The Balaban J connectivity index is 1.05. The number of rotatable bonds is 1. The first-order valence-electron chi connectivity index (χ1n) is 12.2. The van der Waals surface area contributed by atoms with Gasteiger partial charge in [-0.2, -0.15) is 0 Å². The molecule has 7 rings (SSSR count). The Morgan fingerprint density at radius 3 is 1.62 bits per heavy atom. The van der Waals surface area contributed by atoms with E-state index in [0.29, 0.717) is 0 Å². The molecule has 10 atom stereocenters. The lowest BCUT2D eigenvalue weighted by atomic mass is 9.94. The molecule has 5 heterocycles. The van der Waals surface area contributed by atoms with Crippen LogP contribution in [0.3, 0.4) is 0 Å². The predicted molar refractivity (Wildman–Crippen MR) is 103 cm³/mol. The van der Waals surface area contributed by atoms with Crippen LogP contribution in [-0.2, 0) is 37.9 Å². The first-order valence-corrected chi connectivity index (χ1v) is 12.2. The van der Waals surface area contributed by atoms with Crippen molar-refractivity contribution in [3.05, 3.63) is 0 Å². The van der Waals surface area contributed by atoms with E-state index < -0.39 is 73.4 Å². The van der Waals surface area contributed by atoms with Crippen molar-refractivity contribution in [3.63, 3.8) is 0 Å². The monoisotopic (exact) mass is 456 g/mol. The summed E-state index contributed by atoms with van der Waals surface area (Å²) in [5.41, 5.74) is 0. The minimum Gasteiger partial charge on any atom is -0.387 e. The molecule has 10 heteroatoms. The molecule has 2 spiro atoms. The van der Waals surface area contributed by atoms with Gasteiger partial charge < -0.3 is 48.1 Å². The van der Waals surface area contributed by atoms with Gasteiger partial charge in [-0.15, -0.1) is 0 Å². The van der Waals surface area contributed by atoms with Crippen molar-refractivity contribution in [3.8, 4) is 0 Å². The molecule has 5 saturated heterocycles. The van der Waals surface area contributed by atoms with Crippen LogP contribution in [0.5, 0.6) is 0 Å². The SMILES string of the molecule is OC1OC(C2OC3OC4(CCCCC4)OC3C2O)OC2C1OC1OC3(CCCCC3)OC12. The molecule has 0 bridgehead atoms. The van der Waals surface area contributed by atoms with Crippen molar-refractivity contribution in [1.29, 1.82) is 0 Å². The van der Waals surface area contributed by atoms with Crippen molar-refractivity contribution in [2.24, 2.45) is 0 Å². The second-order valence-corrected chi connectivity index (χ2v) is 10.3. The molecule has 32 heavy (non-hydrogen) atoms. The van der Waals surface area contributed by atoms with E-state index in [0.717, 1.165) is 57.8 Å². The van der Waals surface area contributed by atoms with Gasteiger partial charge in [-0.25, -0.2) is 0 Å². The summed E-state index contributed by atoms with van der Waals surface area (Å²) in [6.45, 7) is 0. The molecule has 10 nitrogen and oxygen atoms in total. The van der Waals surface area contributed by atoms with Crippen LogP contribution in [0.1, 0.15) is 64.2 Å². The average molecular weight is 456 g/mol. The topological polar surface area (TPSA) is 114 Å². The van der Waals surface area contributed by atoms with Gasteiger partial charge in [0.05, 0.1) is 0 Å². The fourth-order valence-corrected chi connectivity index (χ4v) is 6.54. The van der Waals surface area contributed by atoms with E-state index in [2.05, 4.69) is 0 Å². The highest BCUT2D eigenvalue weighted by Crippen LogP contribution is 2.49. The van der Waals surface area contributed by atoms with Crippen molar-refractivity contribution in [2.75, 3.05) is 0 Å². The summed E-state index contributed by atoms with van der Waals surface area (Å²) < 4.78 is 48.5. The summed E-state index contributed by atoms with van der Waals surface area (Å²) >= 11 is 0. The summed E-state index contributed by atoms with van der Waals surface area (Å²) in [6.07, 6.45) is 2.00. The van der Waals surface area contributed by atoms with Crippen LogP contribution in [0.4, 0.5) is 0 Å². The van der Waals surface area contributed by atoms with Gasteiger partial charge in [0, 0.05) is 25.7 Å². The fourth-order valence-electron chi connectivity index (χ4n) is 6.54. The standard InChI is InChI=1S/C22H32O10/c23-11-12(25-19-13(11)29-21(31-19)7-3-1-4-8-21)18-26-14-15(17(24)28-18)27-20-16(14)30-22(32-20)9-5-2-6-10-22/h11-20,23-24H,1-10H2. The highest BCUT2D eigenvalue weighted by Gasteiger charge is 2.65. The van der Waals surface area contributed by atoms with Crippen molar-refractivity contribution >= 4 is 0 Å². The maximum atomic E-state index is 11.0. The van der Waals surface area contributed by atoms with E-state index in [4.69, 9.17) is 37.9 Å². The molecule has 2 aliphatic carbocycles. The fraction of sp³-hybridized carbons (Fsp3) is 1.00. The highest BCUT2D eigenvalue weighted by atomic mass is 16.9. The van der Waals surface area contributed by atoms with Gasteiger partial charge in [0.15, 0.2) is 36.7 Å². The Morgan fingerprint density at radius 1 is 0.469 bits per heavy atom. The van der Waals surface area contributed by atoms with E-state index >= 15 is 0 Å². The quantitative estimate of drug-likeness (QED) is 0.592. The number of fused-ring (bicyclic) bond motifs is 4. The molecule has 2 N–H and O–H groups in total. The van der Waals surface area contributed by atoms with Crippen LogP contribution in [0.15, 0.2) is 0 Å². The van der Waals surface area contributed by atoms with Crippen LogP contribution >= 0.6 is 0 Å². The molecule has 0 aromatic carbocycles. The Bertz CT molecular complexity index is 722. The van der Waals surface area contributed by atoms with Crippen LogP contribution < -0.4 is 0 Å². The first kappa shape index (κ1) is 20.9. The molecular formula is C22H32O10. The van der Waals surface area contributed by atoms with E-state index in [1.54, 1.807) is 0 Å². The van der Waals surface area contributed by atoms with Crippen LogP contribution in [-0.4, -0.2) is 83.6 Å². The zero-order chi connectivity index (χ0) is 21.5. The maximum Gasteiger partial charge on any atom is 0.190 e. The van der Waals surface area contributed by atoms with Gasteiger partial charge in [0.1, 0.15) is 36.6 Å². The Labute approximate surface area is 186 Å². The molecule has 2 saturated carbocycles. The van der Waals surface area contributed by atoms with E-state index in [1.165, 1.54) is 6.42 Å². The molecule has 0 aromatic rings. The van der Waals surface area contributed by atoms with Gasteiger partial charge in [-0.1, -0.05) is 12.8 Å².